The fraction of sp³-hybridized carbons (Fsp3) is 0.241. The molecule has 36 heavy (non-hydrogen) atoms. The lowest BCUT2D eigenvalue weighted by molar-refractivity contribution is -0.121. The van der Waals surface area contributed by atoms with Crippen LogP contribution < -0.4 is 5.32 Å². The molecule has 0 aromatic heterocycles. The van der Waals surface area contributed by atoms with Crippen LogP contribution >= 0.6 is 11.8 Å². The second-order valence-electron chi connectivity index (χ2n) is 9.23. The maximum Gasteiger partial charge on any atom is 0.262 e. The van der Waals surface area contributed by atoms with E-state index in [0.717, 1.165) is 33.7 Å². The molecule has 0 radical (unpaired) electrons. The van der Waals surface area contributed by atoms with Crippen LogP contribution in [-0.4, -0.2) is 33.0 Å². The molecule has 2 atom stereocenters. The first kappa shape index (κ1) is 24.0. The van der Waals surface area contributed by atoms with E-state index in [2.05, 4.69) is 53.6 Å². The molecular weight excluding hydrogens is 468 g/mol. The highest BCUT2D eigenvalue weighted by Crippen LogP contribution is 2.38. The van der Waals surface area contributed by atoms with Gasteiger partial charge in [0.2, 0.25) is 5.91 Å². The van der Waals surface area contributed by atoms with Gasteiger partial charge in [-0.2, -0.15) is 10.1 Å². The number of benzene rings is 3. The minimum Gasteiger partial charge on any atom is -0.326 e. The SMILES string of the molecule is Cc1ccc(C2=NN(C3=NC(=O)C(CC(=O)Nc4cccc(C)c4C)S3)C(c3ccccc3)C2)cc1. The van der Waals surface area contributed by atoms with Crippen LogP contribution in [0.4, 0.5) is 5.69 Å². The molecule has 1 N–H and O–H groups in total. The van der Waals surface area contributed by atoms with E-state index in [9.17, 15) is 9.59 Å². The number of nitrogens with one attached hydrogen (secondary N) is 1. The van der Waals surface area contributed by atoms with Gasteiger partial charge >= 0.3 is 0 Å². The number of carbonyl (C=O) groups excluding carboxylic acids is 2. The highest BCUT2D eigenvalue weighted by molar-refractivity contribution is 8.15. The molecule has 2 amide bonds. The predicted molar refractivity (Wildman–Crippen MR) is 146 cm³/mol. The van der Waals surface area contributed by atoms with Crippen LogP contribution in [0, 0.1) is 20.8 Å². The lowest BCUT2D eigenvalue weighted by atomic mass is 9.98. The monoisotopic (exact) mass is 496 g/mol. The van der Waals surface area contributed by atoms with Gasteiger partial charge in [0.05, 0.1) is 11.8 Å². The van der Waals surface area contributed by atoms with Crippen molar-refractivity contribution in [1.29, 1.82) is 0 Å². The molecule has 3 aromatic carbocycles. The van der Waals surface area contributed by atoms with Crippen molar-refractivity contribution in [3.8, 4) is 0 Å². The number of amidine groups is 1. The molecule has 3 aromatic rings. The van der Waals surface area contributed by atoms with Gasteiger partial charge in [0.25, 0.3) is 5.91 Å². The first-order valence-electron chi connectivity index (χ1n) is 12.0. The van der Waals surface area contributed by atoms with E-state index in [1.54, 1.807) is 0 Å². The number of rotatable bonds is 5. The largest absolute Gasteiger partial charge is 0.326 e. The first-order valence-corrected chi connectivity index (χ1v) is 12.9. The number of nitrogens with zero attached hydrogens (tertiary/aromatic N) is 3. The first-order chi connectivity index (χ1) is 17.4. The summed E-state index contributed by atoms with van der Waals surface area (Å²) in [6, 6.07) is 24.2. The van der Waals surface area contributed by atoms with Crippen LogP contribution in [0.25, 0.3) is 0 Å². The summed E-state index contributed by atoms with van der Waals surface area (Å²) in [6.07, 6.45) is 0.765. The average molecular weight is 497 g/mol. The molecule has 0 spiro atoms. The summed E-state index contributed by atoms with van der Waals surface area (Å²) in [5, 5.41) is 9.69. The summed E-state index contributed by atoms with van der Waals surface area (Å²) in [7, 11) is 0. The molecule has 0 fully saturated rings. The molecule has 7 heteroatoms. The van der Waals surface area contributed by atoms with Crippen LogP contribution in [0.15, 0.2) is 82.9 Å². The van der Waals surface area contributed by atoms with Crippen LogP contribution in [0.2, 0.25) is 0 Å². The van der Waals surface area contributed by atoms with Gasteiger partial charge in [0, 0.05) is 18.5 Å². The standard InChI is InChI=1S/C29H28N4O2S/c1-18-12-14-21(15-13-18)24-16-25(22-9-5-4-6-10-22)33(32-24)29-31-28(35)26(36-29)17-27(34)30-23-11-7-8-19(2)20(23)3/h4-15,25-26H,16-17H2,1-3H3,(H,30,34). The quantitative estimate of drug-likeness (QED) is 0.485. The number of hydrogen-bond acceptors (Lipinski definition) is 5. The Kier molecular flexibility index (Phi) is 6.74. The van der Waals surface area contributed by atoms with Crippen molar-refractivity contribution in [3.05, 3.63) is 101 Å². The number of anilines is 1. The summed E-state index contributed by atoms with van der Waals surface area (Å²) in [6.45, 7) is 6.04. The summed E-state index contributed by atoms with van der Waals surface area (Å²) >= 11 is 1.32. The Morgan fingerprint density at radius 1 is 1.00 bits per heavy atom. The van der Waals surface area contributed by atoms with E-state index in [-0.39, 0.29) is 24.3 Å². The van der Waals surface area contributed by atoms with Crippen molar-refractivity contribution in [2.75, 3.05) is 5.32 Å². The van der Waals surface area contributed by atoms with Crippen molar-refractivity contribution in [3.63, 3.8) is 0 Å². The summed E-state index contributed by atoms with van der Waals surface area (Å²) in [4.78, 5) is 29.9. The zero-order valence-corrected chi connectivity index (χ0v) is 21.4. The van der Waals surface area contributed by atoms with Gasteiger partial charge in [0.15, 0.2) is 5.17 Å². The number of hydrogen-bond donors (Lipinski definition) is 1. The molecule has 0 aliphatic carbocycles. The molecule has 0 saturated heterocycles. The van der Waals surface area contributed by atoms with Crippen LogP contribution in [0.3, 0.4) is 0 Å². The molecule has 182 valence electrons. The van der Waals surface area contributed by atoms with Gasteiger partial charge in [-0.15, -0.1) is 0 Å². The van der Waals surface area contributed by atoms with Gasteiger partial charge in [-0.25, -0.2) is 5.01 Å². The van der Waals surface area contributed by atoms with Crippen molar-refractivity contribution < 1.29 is 9.59 Å². The van der Waals surface area contributed by atoms with Gasteiger partial charge in [0.1, 0.15) is 5.25 Å². The Balaban J connectivity index is 1.34. The van der Waals surface area contributed by atoms with E-state index in [1.807, 2.05) is 55.3 Å². The topological polar surface area (TPSA) is 74.1 Å². The molecule has 0 bridgehead atoms. The molecular formula is C29H28N4O2S. The number of thioether (sulfide) groups is 1. The molecule has 2 heterocycles. The lowest BCUT2D eigenvalue weighted by Crippen LogP contribution is -2.25. The van der Waals surface area contributed by atoms with Gasteiger partial charge in [-0.1, -0.05) is 84.1 Å². The number of carbonyl (C=O) groups is 2. The normalized spacial score (nSPS) is 19.3. The van der Waals surface area contributed by atoms with Crippen LogP contribution in [0.1, 0.15) is 46.7 Å². The van der Waals surface area contributed by atoms with E-state index in [4.69, 9.17) is 5.10 Å². The fourth-order valence-electron chi connectivity index (χ4n) is 4.40. The summed E-state index contributed by atoms with van der Waals surface area (Å²) in [5.74, 6) is -0.493. The Morgan fingerprint density at radius 2 is 1.75 bits per heavy atom. The van der Waals surface area contributed by atoms with Crippen molar-refractivity contribution in [2.24, 2.45) is 10.1 Å². The summed E-state index contributed by atoms with van der Waals surface area (Å²) in [5.41, 5.74) is 7.21. The second kappa shape index (κ2) is 10.1. The third kappa shape index (κ3) is 4.97. The third-order valence-corrected chi connectivity index (χ3v) is 7.80. The highest BCUT2D eigenvalue weighted by atomic mass is 32.2. The zero-order chi connectivity index (χ0) is 25.2. The number of aryl methyl sites for hydroxylation is 2. The molecule has 2 unspecified atom stereocenters. The zero-order valence-electron chi connectivity index (χ0n) is 20.6. The molecule has 5 rings (SSSR count). The van der Waals surface area contributed by atoms with Gasteiger partial charge in [-0.3, -0.25) is 9.59 Å². The smallest absolute Gasteiger partial charge is 0.262 e. The number of aliphatic imine (C=N–C) groups is 1. The Labute approximate surface area is 215 Å². The summed E-state index contributed by atoms with van der Waals surface area (Å²) < 4.78 is 0. The Hall–Kier alpha value is -3.71. The Morgan fingerprint density at radius 3 is 2.50 bits per heavy atom. The van der Waals surface area contributed by atoms with E-state index < -0.39 is 5.25 Å². The minimum absolute atomic E-state index is 0.0578. The van der Waals surface area contributed by atoms with Gasteiger partial charge in [-0.05, 0) is 49.1 Å². The van der Waals surface area contributed by atoms with Crippen molar-refractivity contribution >= 4 is 40.1 Å². The fourth-order valence-corrected chi connectivity index (χ4v) is 5.46. The second-order valence-corrected chi connectivity index (χ2v) is 10.4. The van der Waals surface area contributed by atoms with Crippen molar-refractivity contribution in [1.82, 2.24) is 5.01 Å². The highest BCUT2D eigenvalue weighted by Gasteiger charge is 2.39. The van der Waals surface area contributed by atoms with E-state index >= 15 is 0 Å². The maximum absolute atomic E-state index is 12.8. The lowest BCUT2D eigenvalue weighted by Gasteiger charge is -2.23. The van der Waals surface area contributed by atoms with Gasteiger partial charge < -0.3 is 5.32 Å². The molecule has 0 saturated carbocycles. The van der Waals surface area contributed by atoms with Crippen LogP contribution in [-0.2, 0) is 9.59 Å². The number of hydrazone groups is 1. The van der Waals surface area contributed by atoms with Crippen molar-refractivity contribution in [2.45, 2.75) is 44.9 Å². The maximum atomic E-state index is 12.8. The molecule has 2 aliphatic heterocycles. The number of amides is 2. The Bertz CT molecular complexity index is 1370. The van der Waals surface area contributed by atoms with Crippen LogP contribution in [0.5, 0.6) is 0 Å². The van der Waals surface area contributed by atoms with E-state index in [0.29, 0.717) is 11.6 Å². The molecule has 6 nitrogen and oxygen atoms in total. The average Bonchev–Trinajstić information content (AvgIpc) is 3.47. The predicted octanol–water partition coefficient (Wildman–Crippen LogP) is 5.79. The third-order valence-electron chi connectivity index (χ3n) is 6.65. The van der Waals surface area contributed by atoms with E-state index in [1.165, 1.54) is 17.3 Å². The minimum atomic E-state index is -0.569. The molecule has 2 aliphatic rings.